The van der Waals surface area contributed by atoms with E-state index < -0.39 is 0 Å². The van der Waals surface area contributed by atoms with E-state index in [1.807, 2.05) is 184 Å². The van der Waals surface area contributed by atoms with Gasteiger partial charge in [-0.05, 0) is 224 Å². The van der Waals surface area contributed by atoms with Gasteiger partial charge in [-0.1, -0.05) is 263 Å². The van der Waals surface area contributed by atoms with Crippen molar-refractivity contribution in [3.05, 3.63) is 471 Å². The highest BCUT2D eigenvalue weighted by molar-refractivity contribution is 6.20. The smallest absolute Gasteiger partial charge is 0.136 e. The van der Waals surface area contributed by atoms with Crippen molar-refractivity contribution >= 4 is 169 Å². The average molecular weight is 1760 g/mol. The summed E-state index contributed by atoms with van der Waals surface area (Å²) >= 11 is 0. The van der Waals surface area contributed by atoms with E-state index in [-0.39, 0.29) is 5.41 Å². The number of furan rings is 1. The van der Waals surface area contributed by atoms with Crippen molar-refractivity contribution in [1.82, 2.24) is 52.6 Å². The number of fused-ring (bicyclic) bond motifs is 24. The molecular weight excluding hydrogens is 1660 g/mol. The Morgan fingerprint density at radius 1 is 0.279 bits per heavy atom. The topological polar surface area (TPSA) is 115 Å². The Morgan fingerprint density at radius 3 is 1.47 bits per heavy atom. The van der Waals surface area contributed by atoms with E-state index in [1.165, 1.54) is 186 Å². The Morgan fingerprint density at radius 2 is 0.794 bits per heavy atom. The monoisotopic (exact) mass is 1760 g/mol. The molecule has 15 aromatic carbocycles. The second kappa shape index (κ2) is 37.7. The number of benzene rings is 15. The van der Waals surface area contributed by atoms with Crippen LogP contribution in [0.1, 0.15) is 58.7 Å². The molecule has 0 bridgehead atoms. The van der Waals surface area contributed by atoms with Gasteiger partial charge in [0.25, 0.3) is 0 Å². The summed E-state index contributed by atoms with van der Waals surface area (Å²) in [4.78, 5) is 25.3. The van der Waals surface area contributed by atoms with Gasteiger partial charge in [-0.3, -0.25) is 24.9 Å². The zero-order valence-corrected chi connectivity index (χ0v) is 78.2. The standard InChI is InChI=1S/C25H18N2.C22H19N.C19H13NO.5C10H9N.C8H8N2/c1-26-22-13-7-5-11-18(22)20-16-25-21(15-24(20)26)19-12-6-8-14-23(19)27(25)17-9-3-2-4-10-17;1-22(2)18-10-6-4-8-14(18)16-13-21-17(12-19(16)22)15-9-5-7-11-20(15)23(21)3;1-20-16-8-4-2-6-12(16)14-11-19-15(10-17(14)20)13-7-3-5-9-18(13)21-19;1-8-6-11-7-9-4-2-3-5-10(8)9;1-8-6-9-4-2-3-5-10(9)7-11-8;1-8-6-9-4-2-3-5-10(9)11-7-8;1-8-10-5-3-2-4-9(10)6-7-11-8;1-8-6-7-11-10-5-3-2-4-9(8)10;1-7-6-10-5-3-2-4-8(10)9-7/h2-16H,1H3;4-13H,1-3H3;2-11H,1H3;5*2-7H,1H3;2-6H,1H3. The highest BCUT2D eigenvalue weighted by atomic mass is 16.3. The number of nitrogens with zero attached hydrogens (tertiary/aromatic N) is 11. The number of imidazole rings is 1. The first kappa shape index (κ1) is 87.0. The first-order chi connectivity index (χ1) is 66.5. The molecule has 0 aliphatic heterocycles. The van der Waals surface area contributed by atoms with Gasteiger partial charge in [-0.25, -0.2) is 4.98 Å². The quantitative estimate of drug-likeness (QED) is 0.161. The Bertz CT molecular complexity index is 8790. The lowest BCUT2D eigenvalue weighted by Crippen LogP contribution is -2.14. The van der Waals surface area contributed by atoms with Crippen LogP contribution in [0.5, 0.6) is 0 Å². The molecule has 28 rings (SSSR count). The predicted octanol–water partition coefficient (Wildman–Crippen LogP) is 31.7. The molecule has 0 atom stereocenters. The zero-order valence-electron chi connectivity index (χ0n) is 78.2. The van der Waals surface area contributed by atoms with Crippen LogP contribution < -0.4 is 0 Å². The maximum atomic E-state index is 6.01. The second-order valence-electron chi connectivity index (χ2n) is 35.5. The molecule has 12 heterocycles. The number of aromatic nitrogens is 11. The zero-order chi connectivity index (χ0) is 93.1. The van der Waals surface area contributed by atoms with Crippen LogP contribution in [0.3, 0.4) is 0 Å². The third-order valence-corrected chi connectivity index (χ3v) is 26.3. The molecule has 0 radical (unpaired) electrons. The highest BCUT2D eigenvalue weighted by Crippen LogP contribution is 2.51. The molecule has 0 unspecified atom stereocenters. The molecular formula is C124H103N11O. The maximum Gasteiger partial charge on any atom is 0.136 e. The van der Waals surface area contributed by atoms with Crippen LogP contribution in [0.2, 0.25) is 0 Å². The molecule has 27 aromatic rings. The fourth-order valence-corrected chi connectivity index (χ4v) is 19.4. The van der Waals surface area contributed by atoms with Crippen LogP contribution in [0.4, 0.5) is 0 Å². The largest absolute Gasteiger partial charge is 0.456 e. The van der Waals surface area contributed by atoms with Gasteiger partial charge in [-0.15, -0.1) is 0 Å². The maximum absolute atomic E-state index is 6.01. The van der Waals surface area contributed by atoms with Crippen molar-refractivity contribution in [3.63, 3.8) is 0 Å². The van der Waals surface area contributed by atoms with Crippen LogP contribution in [-0.4, -0.2) is 52.6 Å². The molecule has 660 valence electrons. The SMILES string of the molecule is Cc1cc2ccccc2cn1.Cc1ccnc2ccccc12.Cc1cn2ccccc2n1.Cc1cnc2ccccc2c1.Cc1cncc2ccccc12.Cc1nccc2ccccc12.Cn1c2ccccc2c2cc3c(cc21)-c1ccccc1C3(C)C.Cn1c2ccccc2c2cc3c(cc21)c1ccccc1n3-c1ccccc1.Cn1c2ccccc2c2cc3oc4ccccc4c3cc21. The third-order valence-electron chi connectivity index (χ3n) is 26.3. The van der Waals surface area contributed by atoms with Crippen LogP contribution in [0.15, 0.2) is 430 Å². The first-order valence-electron chi connectivity index (χ1n) is 46.2. The molecule has 0 saturated heterocycles. The van der Waals surface area contributed by atoms with E-state index in [1.54, 1.807) is 0 Å². The van der Waals surface area contributed by atoms with Gasteiger partial charge in [-0.2, -0.15) is 0 Å². The summed E-state index contributed by atoms with van der Waals surface area (Å²) in [7, 11) is 6.45. The predicted molar refractivity (Wildman–Crippen MR) is 573 cm³/mol. The van der Waals surface area contributed by atoms with Crippen LogP contribution in [0.25, 0.3) is 186 Å². The Kier molecular flexibility index (Phi) is 24.1. The molecule has 0 spiro atoms. The van der Waals surface area contributed by atoms with E-state index in [0.717, 1.165) is 44.9 Å². The van der Waals surface area contributed by atoms with Crippen molar-refractivity contribution in [3.8, 4) is 16.8 Å². The molecule has 1 aliphatic carbocycles. The Balaban J connectivity index is 0.0000000972. The molecule has 0 amide bonds. The van der Waals surface area contributed by atoms with Gasteiger partial charge >= 0.3 is 0 Å². The van der Waals surface area contributed by atoms with E-state index in [2.05, 4.69) is 371 Å². The second-order valence-corrected chi connectivity index (χ2v) is 35.5. The number of para-hydroxylation sites is 8. The number of hydrogen-bond acceptors (Lipinski definition) is 7. The normalized spacial score (nSPS) is 11.7. The summed E-state index contributed by atoms with van der Waals surface area (Å²) in [6.45, 7) is 16.9. The molecule has 12 heteroatoms. The average Bonchev–Trinajstić information content (AvgIpc) is 1.58. The molecule has 12 aromatic heterocycles. The molecule has 136 heavy (non-hydrogen) atoms. The fraction of sp³-hybridized carbons (Fsp3) is 0.0968. The van der Waals surface area contributed by atoms with Crippen LogP contribution >= 0.6 is 0 Å². The van der Waals surface area contributed by atoms with Gasteiger partial charge < -0.3 is 27.1 Å². The number of aryl methyl sites for hydroxylation is 9. The van der Waals surface area contributed by atoms with E-state index in [0.29, 0.717) is 0 Å². The lowest BCUT2D eigenvalue weighted by Gasteiger charge is -2.21. The summed E-state index contributed by atoms with van der Waals surface area (Å²) < 4.78 is 17.3. The van der Waals surface area contributed by atoms with Gasteiger partial charge in [0.1, 0.15) is 16.8 Å². The summed E-state index contributed by atoms with van der Waals surface area (Å²) in [6, 6.07) is 132. The molecule has 1 aliphatic rings. The lowest BCUT2D eigenvalue weighted by atomic mass is 9.82. The van der Waals surface area contributed by atoms with Gasteiger partial charge in [0.05, 0.1) is 27.8 Å². The minimum absolute atomic E-state index is 0.0665. The molecule has 0 fully saturated rings. The van der Waals surface area contributed by atoms with E-state index in [4.69, 9.17) is 4.42 Å². The highest BCUT2D eigenvalue weighted by Gasteiger charge is 2.36. The van der Waals surface area contributed by atoms with Crippen molar-refractivity contribution in [2.75, 3.05) is 0 Å². The Labute approximate surface area is 790 Å². The first-order valence-corrected chi connectivity index (χ1v) is 46.2. The van der Waals surface area contributed by atoms with E-state index >= 15 is 0 Å². The van der Waals surface area contributed by atoms with Gasteiger partial charge in [0, 0.05) is 207 Å². The summed E-state index contributed by atoms with van der Waals surface area (Å²) in [6.07, 6.45) is 15.3. The minimum atomic E-state index is 0.0665. The van der Waals surface area contributed by atoms with Crippen LogP contribution in [-0.2, 0) is 26.6 Å². The van der Waals surface area contributed by atoms with Crippen molar-refractivity contribution in [2.45, 2.75) is 60.8 Å². The van der Waals surface area contributed by atoms with E-state index in [9.17, 15) is 0 Å². The number of pyridine rings is 6. The molecule has 0 saturated carbocycles. The number of hydrogen-bond donors (Lipinski definition) is 0. The summed E-state index contributed by atoms with van der Waals surface area (Å²) in [5.74, 6) is 0. The molecule has 0 N–H and O–H groups in total. The van der Waals surface area contributed by atoms with Crippen molar-refractivity contribution in [2.24, 2.45) is 21.1 Å². The van der Waals surface area contributed by atoms with Gasteiger partial charge in [0.15, 0.2) is 0 Å². The summed E-state index contributed by atoms with van der Waals surface area (Å²) in [5, 5.41) is 22.8. The lowest BCUT2D eigenvalue weighted by molar-refractivity contribution is 0.661. The van der Waals surface area contributed by atoms with Crippen molar-refractivity contribution < 1.29 is 4.42 Å². The van der Waals surface area contributed by atoms with Crippen molar-refractivity contribution in [1.29, 1.82) is 0 Å². The van der Waals surface area contributed by atoms with Crippen LogP contribution in [0, 0.1) is 41.5 Å². The van der Waals surface area contributed by atoms with Gasteiger partial charge in [0.2, 0.25) is 0 Å². The Hall–Kier alpha value is -17.0. The third kappa shape index (κ3) is 17.2. The summed E-state index contributed by atoms with van der Waals surface area (Å²) in [5.41, 5.74) is 29.1. The minimum Gasteiger partial charge on any atom is -0.456 e. The number of rotatable bonds is 1. The molecule has 12 nitrogen and oxygen atoms in total. The fourth-order valence-electron chi connectivity index (χ4n) is 19.4.